The first-order valence-corrected chi connectivity index (χ1v) is 7.71. The molecular weight excluding hydrogens is 224 g/mol. The van der Waals surface area contributed by atoms with E-state index in [0.717, 1.165) is 6.42 Å². The van der Waals surface area contributed by atoms with E-state index < -0.39 is 0 Å². The minimum Gasteiger partial charge on any atom is -0.126 e. The minimum atomic E-state index is 1.11. The monoisotopic (exact) mass is 249 g/mol. The maximum Gasteiger partial charge on any atom is 0.00721 e. The van der Waals surface area contributed by atoms with Crippen molar-refractivity contribution in [1.82, 2.24) is 0 Å². The van der Waals surface area contributed by atoms with Crippen LogP contribution in [0, 0.1) is 5.92 Å². The summed E-state index contributed by atoms with van der Waals surface area (Å²) >= 11 is 1.99. The lowest BCUT2D eigenvalue weighted by molar-refractivity contribution is 0.706. The molecule has 0 saturated carbocycles. The molecule has 0 spiro atoms. The molecule has 1 heteroatoms. The zero-order valence-corrected chi connectivity index (χ0v) is 12.3. The Balaban J connectivity index is 2.25. The van der Waals surface area contributed by atoms with Crippen LogP contribution in [-0.2, 0) is 6.42 Å². The van der Waals surface area contributed by atoms with Crippen molar-refractivity contribution in [3.63, 3.8) is 0 Å². The minimum absolute atomic E-state index is 1.11. The number of thioether (sulfide) groups is 1. The fourth-order valence-corrected chi connectivity index (χ4v) is 2.74. The Bertz CT molecular complexity index is 287. The second kappa shape index (κ2) is 8.63. The second-order valence-electron chi connectivity index (χ2n) is 4.94. The third kappa shape index (κ3) is 6.78. The van der Waals surface area contributed by atoms with Crippen LogP contribution in [0.15, 0.2) is 29.2 Å². The van der Waals surface area contributed by atoms with Gasteiger partial charge in [-0.25, -0.2) is 0 Å². The van der Waals surface area contributed by atoms with Crippen LogP contribution >= 0.6 is 11.8 Å². The summed E-state index contributed by atoms with van der Waals surface area (Å²) in [6.45, 7) is 6.64. The van der Waals surface area contributed by atoms with E-state index in [2.05, 4.69) is 45.0 Å². The second-order valence-corrected chi connectivity index (χ2v) is 6.11. The zero-order valence-electron chi connectivity index (χ0n) is 11.5. The van der Waals surface area contributed by atoms with Crippen molar-refractivity contribution in [3.8, 4) is 0 Å². The third-order valence-electron chi connectivity index (χ3n) is 2.75. The van der Waals surface area contributed by atoms with Gasteiger partial charge in [0.2, 0.25) is 0 Å². The van der Waals surface area contributed by atoms with Crippen molar-refractivity contribution >= 4 is 11.8 Å². The van der Waals surface area contributed by atoms with Crippen molar-refractivity contribution in [2.24, 2.45) is 0 Å². The average Bonchev–Trinajstić information content (AvgIpc) is 2.30. The Morgan fingerprint density at radius 2 is 1.71 bits per heavy atom. The van der Waals surface area contributed by atoms with E-state index in [1.165, 1.54) is 47.8 Å². The molecule has 0 fully saturated rings. The summed E-state index contributed by atoms with van der Waals surface area (Å²) in [4.78, 5) is 1.42. The highest BCUT2D eigenvalue weighted by molar-refractivity contribution is 7.99. The fourth-order valence-electron chi connectivity index (χ4n) is 1.83. The molecule has 17 heavy (non-hydrogen) atoms. The van der Waals surface area contributed by atoms with Crippen LogP contribution in [0.3, 0.4) is 0 Å². The fraction of sp³-hybridized carbons (Fsp3) is 0.562. The van der Waals surface area contributed by atoms with Crippen LogP contribution in [0.25, 0.3) is 0 Å². The van der Waals surface area contributed by atoms with E-state index in [0.29, 0.717) is 0 Å². The summed E-state index contributed by atoms with van der Waals surface area (Å²) in [6, 6.07) is 9.06. The Morgan fingerprint density at radius 3 is 2.29 bits per heavy atom. The molecule has 0 amide bonds. The van der Waals surface area contributed by atoms with Gasteiger partial charge in [0.15, 0.2) is 0 Å². The molecule has 1 radical (unpaired) electrons. The molecular formula is C16H25S. The Hall–Kier alpha value is -0.430. The highest BCUT2D eigenvalue weighted by Crippen LogP contribution is 2.21. The van der Waals surface area contributed by atoms with E-state index in [9.17, 15) is 0 Å². The molecule has 0 heterocycles. The van der Waals surface area contributed by atoms with Gasteiger partial charge in [-0.15, -0.1) is 11.8 Å². The van der Waals surface area contributed by atoms with Crippen molar-refractivity contribution in [2.45, 2.75) is 57.8 Å². The predicted molar refractivity (Wildman–Crippen MR) is 79.6 cm³/mol. The summed E-state index contributed by atoms with van der Waals surface area (Å²) < 4.78 is 0. The molecule has 0 bridgehead atoms. The zero-order chi connectivity index (χ0) is 12.5. The molecule has 0 aliphatic rings. The maximum absolute atomic E-state index is 2.27. The predicted octanol–water partition coefficient (Wildman–Crippen LogP) is 5.52. The topological polar surface area (TPSA) is 0 Å². The van der Waals surface area contributed by atoms with E-state index in [-0.39, 0.29) is 0 Å². The molecule has 0 aromatic heterocycles. The van der Waals surface area contributed by atoms with Gasteiger partial charge < -0.3 is 0 Å². The van der Waals surface area contributed by atoms with E-state index >= 15 is 0 Å². The lowest BCUT2D eigenvalue weighted by Crippen LogP contribution is -1.91. The lowest BCUT2D eigenvalue weighted by Gasteiger charge is -2.06. The van der Waals surface area contributed by atoms with E-state index in [4.69, 9.17) is 0 Å². The number of hydrogen-bond acceptors (Lipinski definition) is 1. The first-order chi connectivity index (χ1) is 8.22. The quantitative estimate of drug-likeness (QED) is 0.432. The van der Waals surface area contributed by atoms with Crippen LogP contribution in [0.5, 0.6) is 0 Å². The molecule has 0 aliphatic heterocycles. The highest BCUT2D eigenvalue weighted by atomic mass is 32.2. The SMILES string of the molecule is CCCCCCSc1ccc(C[C](C)C)cc1. The Morgan fingerprint density at radius 1 is 1.00 bits per heavy atom. The van der Waals surface area contributed by atoms with Crippen LogP contribution in [0.1, 0.15) is 52.0 Å². The molecule has 1 aromatic rings. The molecule has 0 N–H and O–H groups in total. The molecule has 0 aliphatic carbocycles. The maximum atomic E-state index is 2.27. The number of hydrogen-bond donors (Lipinski definition) is 0. The molecule has 1 rings (SSSR count). The van der Waals surface area contributed by atoms with Crippen molar-refractivity contribution in [2.75, 3.05) is 5.75 Å². The van der Waals surface area contributed by atoms with Gasteiger partial charge in [0.05, 0.1) is 0 Å². The van der Waals surface area contributed by atoms with Crippen LogP contribution in [0.2, 0.25) is 0 Å². The Labute approximate surface area is 111 Å². The number of benzene rings is 1. The van der Waals surface area contributed by atoms with Crippen LogP contribution in [-0.4, -0.2) is 5.75 Å². The molecule has 0 nitrogen and oxygen atoms in total. The van der Waals surface area contributed by atoms with Gasteiger partial charge in [-0.3, -0.25) is 0 Å². The summed E-state index contributed by atoms with van der Waals surface area (Å²) in [6.07, 6.45) is 6.55. The van der Waals surface area contributed by atoms with Gasteiger partial charge in [-0.05, 0) is 42.2 Å². The number of unbranched alkanes of at least 4 members (excludes halogenated alkanes) is 3. The van der Waals surface area contributed by atoms with Gasteiger partial charge in [0.1, 0.15) is 0 Å². The van der Waals surface area contributed by atoms with Gasteiger partial charge in [0, 0.05) is 4.90 Å². The van der Waals surface area contributed by atoms with Crippen LogP contribution < -0.4 is 0 Å². The standard InChI is InChI=1S/C16H25S/c1-4-5-6-7-12-17-16-10-8-15(9-11-16)13-14(2)3/h8-11H,4-7,12-13H2,1-3H3. The van der Waals surface area contributed by atoms with Gasteiger partial charge in [-0.2, -0.15) is 0 Å². The van der Waals surface area contributed by atoms with Gasteiger partial charge >= 0.3 is 0 Å². The molecule has 0 saturated heterocycles. The van der Waals surface area contributed by atoms with Crippen molar-refractivity contribution in [3.05, 3.63) is 35.7 Å². The Kier molecular flexibility index (Phi) is 7.43. The van der Waals surface area contributed by atoms with Crippen LogP contribution in [0.4, 0.5) is 0 Å². The van der Waals surface area contributed by atoms with Crippen molar-refractivity contribution in [1.29, 1.82) is 0 Å². The van der Waals surface area contributed by atoms with Gasteiger partial charge in [0.25, 0.3) is 0 Å². The molecule has 0 atom stereocenters. The lowest BCUT2D eigenvalue weighted by atomic mass is 10.0. The summed E-state index contributed by atoms with van der Waals surface area (Å²) in [7, 11) is 0. The first kappa shape index (κ1) is 14.6. The normalized spacial score (nSPS) is 11.1. The molecule has 95 valence electrons. The van der Waals surface area contributed by atoms with Gasteiger partial charge in [-0.1, -0.05) is 52.2 Å². The van der Waals surface area contributed by atoms with Crippen molar-refractivity contribution < 1.29 is 0 Å². The van der Waals surface area contributed by atoms with E-state index in [1.54, 1.807) is 0 Å². The highest BCUT2D eigenvalue weighted by Gasteiger charge is 1.99. The first-order valence-electron chi connectivity index (χ1n) is 6.73. The number of rotatable bonds is 8. The average molecular weight is 249 g/mol. The smallest absolute Gasteiger partial charge is 0.00721 e. The largest absolute Gasteiger partial charge is 0.126 e. The summed E-state index contributed by atoms with van der Waals surface area (Å²) in [5.41, 5.74) is 1.43. The molecule has 1 aromatic carbocycles. The third-order valence-corrected chi connectivity index (χ3v) is 3.85. The molecule has 0 unspecified atom stereocenters. The van der Waals surface area contributed by atoms with E-state index in [1.807, 2.05) is 11.8 Å². The summed E-state index contributed by atoms with van der Waals surface area (Å²) in [5, 5.41) is 0. The summed E-state index contributed by atoms with van der Waals surface area (Å²) in [5.74, 6) is 2.74.